The van der Waals surface area contributed by atoms with Crippen molar-refractivity contribution in [3.05, 3.63) is 70.3 Å². The van der Waals surface area contributed by atoms with Crippen LogP contribution in [0.4, 0.5) is 0 Å². The Hall–Kier alpha value is -2.86. The number of thiophene rings is 1. The van der Waals surface area contributed by atoms with Gasteiger partial charge in [0.15, 0.2) is 6.10 Å². The van der Waals surface area contributed by atoms with Crippen molar-refractivity contribution >= 4 is 23.2 Å². The molecule has 2 aromatic heterocycles. The Balaban J connectivity index is 1.63. The number of aryl methyl sites for hydroxylation is 1. The highest BCUT2D eigenvalue weighted by Gasteiger charge is 2.22. The fraction of sp³-hybridized carbons (Fsp3) is 0.200. The summed E-state index contributed by atoms with van der Waals surface area (Å²) in [4.78, 5) is 25.1. The topological polar surface area (TPSA) is 68.5 Å². The Morgan fingerprint density at radius 2 is 1.96 bits per heavy atom. The van der Waals surface area contributed by atoms with Gasteiger partial charge in [-0.3, -0.25) is 4.79 Å². The fourth-order valence-corrected chi connectivity index (χ4v) is 3.22. The maximum Gasteiger partial charge on any atom is 0.349 e. The highest BCUT2D eigenvalue weighted by molar-refractivity contribution is 7.12. The number of amides is 1. The van der Waals surface area contributed by atoms with Crippen LogP contribution in [0.25, 0.3) is 11.1 Å². The molecule has 0 saturated heterocycles. The molecule has 1 aromatic carbocycles. The van der Waals surface area contributed by atoms with Gasteiger partial charge in [-0.1, -0.05) is 29.8 Å². The summed E-state index contributed by atoms with van der Waals surface area (Å²) in [6.45, 7) is 3.81. The normalized spacial score (nSPS) is 11.8. The van der Waals surface area contributed by atoms with Crippen LogP contribution >= 0.6 is 11.3 Å². The molecule has 2 heterocycles. The monoisotopic (exact) mass is 369 g/mol. The Morgan fingerprint density at radius 3 is 2.65 bits per heavy atom. The first-order chi connectivity index (χ1) is 12.5. The van der Waals surface area contributed by atoms with Crippen molar-refractivity contribution in [2.24, 2.45) is 0 Å². The number of carbonyl (C=O) groups is 2. The van der Waals surface area contributed by atoms with E-state index in [0.717, 1.165) is 16.7 Å². The quantitative estimate of drug-likeness (QED) is 0.662. The van der Waals surface area contributed by atoms with Gasteiger partial charge in [0.2, 0.25) is 0 Å². The SMILES string of the molecule is Cc1ccc(-c2ccsc2C(=O)OC(C)C(=O)NCc2ccco2)cc1. The van der Waals surface area contributed by atoms with Crippen LogP contribution in [0, 0.1) is 6.92 Å². The Morgan fingerprint density at radius 1 is 1.19 bits per heavy atom. The Bertz CT molecular complexity index is 881. The smallest absolute Gasteiger partial charge is 0.349 e. The average molecular weight is 369 g/mol. The van der Waals surface area contributed by atoms with E-state index >= 15 is 0 Å². The number of benzene rings is 1. The van der Waals surface area contributed by atoms with Gasteiger partial charge in [0, 0.05) is 5.56 Å². The summed E-state index contributed by atoms with van der Waals surface area (Å²) in [6.07, 6.45) is 0.638. The molecular weight excluding hydrogens is 350 g/mol. The van der Waals surface area contributed by atoms with Crippen molar-refractivity contribution < 1.29 is 18.7 Å². The number of esters is 1. The molecule has 6 heteroatoms. The minimum atomic E-state index is -0.898. The largest absolute Gasteiger partial charge is 0.467 e. The first kappa shape index (κ1) is 17.9. The zero-order valence-electron chi connectivity index (χ0n) is 14.5. The number of rotatable bonds is 6. The van der Waals surface area contributed by atoms with E-state index in [-0.39, 0.29) is 12.5 Å². The summed E-state index contributed by atoms with van der Waals surface area (Å²) in [5.41, 5.74) is 2.90. The van der Waals surface area contributed by atoms with Gasteiger partial charge in [-0.05, 0) is 43.0 Å². The summed E-state index contributed by atoms with van der Waals surface area (Å²) < 4.78 is 10.5. The second kappa shape index (κ2) is 8.01. The summed E-state index contributed by atoms with van der Waals surface area (Å²) in [5, 5.41) is 4.52. The summed E-state index contributed by atoms with van der Waals surface area (Å²) in [6, 6.07) is 13.3. The molecule has 1 unspecified atom stereocenters. The van der Waals surface area contributed by atoms with E-state index in [9.17, 15) is 9.59 Å². The number of nitrogens with one attached hydrogen (secondary N) is 1. The van der Waals surface area contributed by atoms with Gasteiger partial charge in [0.25, 0.3) is 5.91 Å². The highest BCUT2D eigenvalue weighted by atomic mass is 32.1. The van der Waals surface area contributed by atoms with E-state index in [4.69, 9.17) is 9.15 Å². The summed E-state index contributed by atoms with van der Waals surface area (Å²) >= 11 is 1.30. The maximum atomic E-state index is 12.5. The predicted octanol–water partition coefficient (Wildman–Crippen LogP) is 4.18. The molecule has 5 nitrogen and oxygen atoms in total. The van der Waals surface area contributed by atoms with E-state index in [1.807, 2.05) is 42.6 Å². The van der Waals surface area contributed by atoms with Crippen molar-refractivity contribution in [2.75, 3.05) is 0 Å². The third-order valence-corrected chi connectivity index (χ3v) is 4.78. The number of furan rings is 1. The molecule has 1 N–H and O–H groups in total. The molecule has 0 aliphatic carbocycles. The van der Waals surface area contributed by atoms with Gasteiger partial charge in [-0.15, -0.1) is 11.3 Å². The average Bonchev–Trinajstić information content (AvgIpc) is 3.32. The van der Waals surface area contributed by atoms with E-state index in [0.29, 0.717) is 10.6 Å². The van der Waals surface area contributed by atoms with Crippen molar-refractivity contribution in [3.63, 3.8) is 0 Å². The van der Waals surface area contributed by atoms with Crippen LogP contribution < -0.4 is 5.32 Å². The lowest BCUT2D eigenvalue weighted by Crippen LogP contribution is -2.35. The van der Waals surface area contributed by atoms with E-state index < -0.39 is 12.1 Å². The van der Waals surface area contributed by atoms with Gasteiger partial charge in [-0.25, -0.2) is 4.79 Å². The van der Waals surface area contributed by atoms with Crippen LogP contribution in [0.2, 0.25) is 0 Å². The van der Waals surface area contributed by atoms with Crippen LogP contribution in [0.15, 0.2) is 58.5 Å². The van der Waals surface area contributed by atoms with Crippen LogP contribution in [0.1, 0.15) is 27.9 Å². The summed E-state index contributed by atoms with van der Waals surface area (Å²) in [7, 11) is 0. The number of ether oxygens (including phenoxy) is 1. The molecule has 0 bridgehead atoms. The molecule has 0 aliphatic rings. The Kier molecular flexibility index (Phi) is 5.53. The number of hydrogen-bond donors (Lipinski definition) is 1. The highest BCUT2D eigenvalue weighted by Crippen LogP contribution is 2.29. The van der Waals surface area contributed by atoms with Crippen LogP contribution in [0.5, 0.6) is 0 Å². The third kappa shape index (κ3) is 4.21. The van der Waals surface area contributed by atoms with Crippen molar-refractivity contribution in [1.82, 2.24) is 5.32 Å². The lowest BCUT2D eigenvalue weighted by atomic mass is 10.1. The van der Waals surface area contributed by atoms with Crippen molar-refractivity contribution in [1.29, 1.82) is 0 Å². The van der Waals surface area contributed by atoms with Gasteiger partial charge in [0.05, 0.1) is 12.8 Å². The molecule has 26 heavy (non-hydrogen) atoms. The molecule has 0 saturated carbocycles. The lowest BCUT2D eigenvalue weighted by molar-refractivity contribution is -0.129. The predicted molar refractivity (Wildman–Crippen MR) is 99.9 cm³/mol. The number of carbonyl (C=O) groups excluding carboxylic acids is 2. The first-order valence-electron chi connectivity index (χ1n) is 8.20. The molecule has 3 rings (SSSR count). The zero-order valence-corrected chi connectivity index (χ0v) is 15.3. The van der Waals surface area contributed by atoms with Crippen LogP contribution in [-0.4, -0.2) is 18.0 Å². The molecule has 0 aliphatic heterocycles. The molecule has 134 valence electrons. The second-order valence-electron chi connectivity index (χ2n) is 5.87. The van der Waals surface area contributed by atoms with Gasteiger partial charge >= 0.3 is 5.97 Å². The van der Waals surface area contributed by atoms with Crippen LogP contribution in [-0.2, 0) is 16.1 Å². The third-order valence-electron chi connectivity index (χ3n) is 3.88. The van der Waals surface area contributed by atoms with E-state index in [1.165, 1.54) is 17.6 Å². The maximum absolute atomic E-state index is 12.5. The standard InChI is InChI=1S/C20H19NO4S/c1-13-5-7-15(8-6-13)17-9-11-26-18(17)20(23)25-14(2)19(22)21-12-16-4-3-10-24-16/h3-11,14H,12H2,1-2H3,(H,21,22). The Labute approximate surface area is 155 Å². The minimum Gasteiger partial charge on any atom is -0.467 e. The zero-order chi connectivity index (χ0) is 18.5. The molecule has 1 amide bonds. The van der Waals surface area contributed by atoms with Gasteiger partial charge in [0.1, 0.15) is 10.6 Å². The molecule has 3 aromatic rings. The fourth-order valence-electron chi connectivity index (χ4n) is 2.43. The first-order valence-corrected chi connectivity index (χ1v) is 9.08. The molecular formula is C20H19NO4S. The van der Waals surface area contributed by atoms with Crippen molar-refractivity contribution in [2.45, 2.75) is 26.5 Å². The minimum absolute atomic E-state index is 0.251. The van der Waals surface area contributed by atoms with Crippen LogP contribution in [0.3, 0.4) is 0 Å². The van der Waals surface area contributed by atoms with E-state index in [2.05, 4.69) is 5.32 Å². The number of hydrogen-bond acceptors (Lipinski definition) is 5. The van der Waals surface area contributed by atoms with Gasteiger partial charge in [-0.2, -0.15) is 0 Å². The molecule has 0 fully saturated rings. The van der Waals surface area contributed by atoms with Crippen molar-refractivity contribution in [3.8, 4) is 11.1 Å². The lowest BCUT2D eigenvalue weighted by Gasteiger charge is -2.13. The summed E-state index contributed by atoms with van der Waals surface area (Å²) in [5.74, 6) is -0.240. The molecule has 1 atom stereocenters. The van der Waals surface area contributed by atoms with E-state index in [1.54, 1.807) is 19.1 Å². The molecule has 0 spiro atoms. The van der Waals surface area contributed by atoms with Gasteiger partial charge < -0.3 is 14.5 Å². The second-order valence-corrected chi connectivity index (χ2v) is 6.79. The molecule has 0 radical (unpaired) electrons.